The summed E-state index contributed by atoms with van der Waals surface area (Å²) in [6, 6.07) is 28.3. The van der Waals surface area contributed by atoms with Crippen molar-refractivity contribution in [2.45, 2.75) is 19.5 Å². The molecule has 0 bridgehead atoms. The van der Waals surface area contributed by atoms with Gasteiger partial charge in [0.1, 0.15) is 5.69 Å². The topological polar surface area (TPSA) is 84.5 Å². The van der Waals surface area contributed by atoms with Gasteiger partial charge in [-0.2, -0.15) is 0 Å². The Labute approximate surface area is 202 Å². The third-order valence-electron chi connectivity index (χ3n) is 6.16. The van der Waals surface area contributed by atoms with Gasteiger partial charge in [-0.25, -0.2) is 4.79 Å². The Morgan fingerprint density at radius 2 is 1.60 bits per heavy atom. The number of aromatic carboxylic acids is 1. The van der Waals surface area contributed by atoms with Crippen LogP contribution in [0.1, 0.15) is 44.9 Å². The van der Waals surface area contributed by atoms with Crippen LogP contribution in [0.3, 0.4) is 0 Å². The molecule has 0 spiro atoms. The number of aromatic nitrogens is 1. The van der Waals surface area contributed by atoms with E-state index in [2.05, 4.69) is 41.7 Å². The maximum atomic E-state index is 13.3. The van der Waals surface area contributed by atoms with Crippen LogP contribution in [-0.2, 0) is 6.54 Å². The SMILES string of the molecule is C[C@H](NC(=O)c1cc2occc2n1Cc1ccc(-c2ccccc2)cc1)c1ccc(C(=O)O)cc1. The molecule has 5 aromatic rings. The molecule has 0 saturated carbocycles. The Morgan fingerprint density at radius 1 is 0.914 bits per heavy atom. The highest BCUT2D eigenvalue weighted by Crippen LogP contribution is 2.25. The molecule has 0 saturated heterocycles. The van der Waals surface area contributed by atoms with E-state index >= 15 is 0 Å². The fourth-order valence-corrected chi connectivity index (χ4v) is 4.22. The van der Waals surface area contributed by atoms with Gasteiger partial charge in [-0.1, -0.05) is 66.7 Å². The highest BCUT2D eigenvalue weighted by molar-refractivity contribution is 5.97. The summed E-state index contributed by atoms with van der Waals surface area (Å²) in [6.45, 7) is 2.38. The van der Waals surface area contributed by atoms with E-state index in [1.165, 1.54) is 12.1 Å². The predicted molar refractivity (Wildman–Crippen MR) is 134 cm³/mol. The molecule has 6 heteroatoms. The van der Waals surface area contributed by atoms with Crippen LogP contribution in [0.2, 0.25) is 0 Å². The fraction of sp³-hybridized carbons (Fsp3) is 0.103. The van der Waals surface area contributed by atoms with Gasteiger partial charge in [-0.05, 0) is 41.3 Å². The minimum Gasteiger partial charge on any atom is -0.478 e. The molecule has 174 valence electrons. The molecule has 0 radical (unpaired) electrons. The monoisotopic (exact) mass is 464 g/mol. The lowest BCUT2D eigenvalue weighted by Crippen LogP contribution is -2.28. The first kappa shape index (κ1) is 22.2. The van der Waals surface area contributed by atoms with Crippen molar-refractivity contribution in [3.63, 3.8) is 0 Å². The number of furan rings is 1. The number of benzene rings is 3. The number of carboxylic acids is 1. The van der Waals surface area contributed by atoms with E-state index in [0.29, 0.717) is 17.8 Å². The van der Waals surface area contributed by atoms with Gasteiger partial charge in [0.2, 0.25) is 0 Å². The van der Waals surface area contributed by atoms with E-state index < -0.39 is 5.97 Å². The normalized spacial score (nSPS) is 11.9. The Balaban J connectivity index is 1.38. The van der Waals surface area contributed by atoms with Crippen molar-refractivity contribution in [2.24, 2.45) is 0 Å². The number of fused-ring (bicyclic) bond motifs is 1. The van der Waals surface area contributed by atoms with E-state index in [0.717, 1.165) is 27.8 Å². The highest BCUT2D eigenvalue weighted by atomic mass is 16.4. The van der Waals surface area contributed by atoms with Crippen LogP contribution >= 0.6 is 0 Å². The molecule has 0 aliphatic carbocycles. The second kappa shape index (κ2) is 9.35. The van der Waals surface area contributed by atoms with Crippen molar-refractivity contribution in [3.8, 4) is 11.1 Å². The van der Waals surface area contributed by atoms with Crippen LogP contribution in [0, 0.1) is 0 Å². The third kappa shape index (κ3) is 4.59. The van der Waals surface area contributed by atoms with Crippen LogP contribution in [0.5, 0.6) is 0 Å². The lowest BCUT2D eigenvalue weighted by Gasteiger charge is -2.16. The van der Waals surface area contributed by atoms with Crippen molar-refractivity contribution in [1.29, 1.82) is 0 Å². The minimum atomic E-state index is -0.981. The summed E-state index contributed by atoms with van der Waals surface area (Å²) in [5, 5.41) is 12.1. The number of carbonyl (C=O) groups is 2. The first-order valence-corrected chi connectivity index (χ1v) is 11.3. The van der Waals surface area contributed by atoms with Gasteiger partial charge in [-0.15, -0.1) is 0 Å². The van der Waals surface area contributed by atoms with Gasteiger partial charge in [-0.3, -0.25) is 4.79 Å². The molecule has 0 unspecified atom stereocenters. The molecule has 0 aliphatic heterocycles. The fourth-order valence-electron chi connectivity index (χ4n) is 4.22. The Morgan fingerprint density at radius 3 is 2.29 bits per heavy atom. The quantitative estimate of drug-likeness (QED) is 0.303. The van der Waals surface area contributed by atoms with E-state index in [-0.39, 0.29) is 17.5 Å². The predicted octanol–water partition coefficient (Wildman–Crippen LogP) is 6.14. The second-order valence-corrected chi connectivity index (χ2v) is 8.47. The van der Waals surface area contributed by atoms with Crippen molar-refractivity contribution in [2.75, 3.05) is 0 Å². The Hall–Kier alpha value is -4.58. The molecule has 2 heterocycles. The zero-order chi connectivity index (χ0) is 24.4. The van der Waals surface area contributed by atoms with Crippen molar-refractivity contribution < 1.29 is 19.1 Å². The van der Waals surface area contributed by atoms with Crippen molar-refractivity contribution in [1.82, 2.24) is 9.88 Å². The van der Waals surface area contributed by atoms with Gasteiger partial charge >= 0.3 is 5.97 Å². The van der Waals surface area contributed by atoms with Crippen LogP contribution < -0.4 is 5.32 Å². The summed E-state index contributed by atoms with van der Waals surface area (Å²) in [5.74, 6) is -1.21. The molecular formula is C29H24N2O4. The Bertz CT molecular complexity index is 1480. The summed E-state index contributed by atoms with van der Waals surface area (Å²) in [4.78, 5) is 24.4. The summed E-state index contributed by atoms with van der Waals surface area (Å²) >= 11 is 0. The number of nitrogens with zero attached hydrogens (tertiary/aromatic N) is 1. The van der Waals surface area contributed by atoms with Gasteiger partial charge in [0.05, 0.1) is 23.4 Å². The Kier molecular flexibility index (Phi) is 5.94. The number of nitrogens with one attached hydrogen (secondary N) is 1. The van der Waals surface area contributed by atoms with Crippen LogP contribution in [0.4, 0.5) is 0 Å². The number of hydrogen-bond acceptors (Lipinski definition) is 3. The molecule has 2 aromatic heterocycles. The number of carboxylic acid groups (broad SMARTS) is 1. The average molecular weight is 465 g/mol. The highest BCUT2D eigenvalue weighted by Gasteiger charge is 2.20. The molecule has 35 heavy (non-hydrogen) atoms. The standard InChI is InChI=1S/C29H24N2O4/c1-19(21-11-13-24(14-12-21)29(33)34)30-28(32)26-17-27-25(15-16-35-27)31(26)18-20-7-9-23(10-8-20)22-5-3-2-4-6-22/h2-17,19H,18H2,1H3,(H,30,32)(H,33,34)/t19-/m0/s1. The number of rotatable bonds is 7. The third-order valence-corrected chi connectivity index (χ3v) is 6.16. The largest absolute Gasteiger partial charge is 0.478 e. The van der Waals surface area contributed by atoms with Gasteiger partial charge in [0.15, 0.2) is 5.58 Å². The van der Waals surface area contributed by atoms with Crippen molar-refractivity contribution >= 4 is 23.0 Å². The first-order chi connectivity index (χ1) is 17.0. The minimum absolute atomic E-state index is 0.208. The summed E-state index contributed by atoms with van der Waals surface area (Å²) in [6.07, 6.45) is 1.62. The molecule has 6 nitrogen and oxygen atoms in total. The molecule has 1 atom stereocenters. The van der Waals surface area contributed by atoms with E-state index in [1.54, 1.807) is 24.5 Å². The smallest absolute Gasteiger partial charge is 0.335 e. The average Bonchev–Trinajstić information content (AvgIpc) is 3.48. The zero-order valence-corrected chi connectivity index (χ0v) is 19.1. The first-order valence-electron chi connectivity index (χ1n) is 11.3. The van der Waals surface area contributed by atoms with Crippen LogP contribution in [-0.4, -0.2) is 21.6 Å². The number of amides is 1. The molecule has 0 fully saturated rings. The van der Waals surface area contributed by atoms with Crippen LogP contribution in [0.25, 0.3) is 22.2 Å². The van der Waals surface area contributed by atoms with E-state index in [9.17, 15) is 9.59 Å². The summed E-state index contributed by atoms with van der Waals surface area (Å²) < 4.78 is 7.52. The van der Waals surface area contributed by atoms with Gasteiger partial charge in [0.25, 0.3) is 5.91 Å². The number of hydrogen-bond donors (Lipinski definition) is 2. The molecule has 1 amide bonds. The van der Waals surface area contributed by atoms with E-state index in [1.807, 2.05) is 35.8 Å². The second-order valence-electron chi connectivity index (χ2n) is 8.47. The van der Waals surface area contributed by atoms with Crippen molar-refractivity contribution in [3.05, 3.63) is 120 Å². The molecule has 2 N–H and O–H groups in total. The maximum absolute atomic E-state index is 13.3. The molecule has 3 aromatic carbocycles. The number of carbonyl (C=O) groups excluding carboxylic acids is 1. The molecule has 5 rings (SSSR count). The zero-order valence-electron chi connectivity index (χ0n) is 19.1. The van der Waals surface area contributed by atoms with Gasteiger partial charge < -0.3 is 19.4 Å². The van der Waals surface area contributed by atoms with Crippen LogP contribution in [0.15, 0.2) is 102 Å². The maximum Gasteiger partial charge on any atom is 0.335 e. The summed E-state index contributed by atoms with van der Waals surface area (Å²) in [5.41, 5.74) is 6.38. The summed E-state index contributed by atoms with van der Waals surface area (Å²) in [7, 11) is 0. The van der Waals surface area contributed by atoms with E-state index in [4.69, 9.17) is 9.52 Å². The molecule has 0 aliphatic rings. The molecular weight excluding hydrogens is 440 g/mol. The lowest BCUT2D eigenvalue weighted by atomic mass is 10.0. The lowest BCUT2D eigenvalue weighted by molar-refractivity contribution is 0.0696. The van der Waals surface area contributed by atoms with Gasteiger partial charge in [0, 0.05) is 18.7 Å².